The van der Waals surface area contributed by atoms with E-state index in [4.69, 9.17) is 11.6 Å². The molecular formula is C19H28ClN. The zero-order valence-electron chi connectivity index (χ0n) is 13.6. The van der Waals surface area contributed by atoms with Gasteiger partial charge in [-0.05, 0) is 63.5 Å². The molecule has 3 rings (SSSR count). The Morgan fingerprint density at radius 2 is 1.71 bits per heavy atom. The fourth-order valence-electron chi connectivity index (χ4n) is 4.60. The minimum Gasteiger partial charge on any atom is -0.311 e. The minimum atomic E-state index is 0.159. The van der Waals surface area contributed by atoms with Crippen LogP contribution in [0.25, 0.3) is 0 Å². The molecule has 0 radical (unpaired) electrons. The first kappa shape index (κ1) is 15.4. The second-order valence-electron chi connectivity index (χ2n) is 8.42. The van der Waals surface area contributed by atoms with E-state index in [0.29, 0.717) is 5.41 Å². The van der Waals surface area contributed by atoms with Gasteiger partial charge in [-0.1, -0.05) is 42.6 Å². The average molecular weight is 306 g/mol. The standard InChI is InChI=1S/C19H28ClN/c1-17(2,3)21-14-19(15-8-4-5-9-16(15)20)12-18(13-19)10-6-7-11-18/h4-5,8-9,21H,6-7,10-14H2,1-3H3. The normalized spacial score (nSPS) is 23.2. The Labute approximate surface area is 134 Å². The monoisotopic (exact) mass is 305 g/mol. The Balaban J connectivity index is 1.84. The first-order valence-corrected chi connectivity index (χ1v) is 8.72. The Hall–Kier alpha value is -0.530. The topological polar surface area (TPSA) is 12.0 Å². The van der Waals surface area contributed by atoms with Gasteiger partial charge in [0.05, 0.1) is 0 Å². The maximum absolute atomic E-state index is 6.54. The molecule has 116 valence electrons. The SMILES string of the molecule is CC(C)(C)NCC1(c2ccccc2Cl)CC2(CCCC2)C1. The molecule has 2 heteroatoms. The van der Waals surface area contributed by atoms with Gasteiger partial charge in [0.1, 0.15) is 0 Å². The van der Waals surface area contributed by atoms with Gasteiger partial charge in [0.25, 0.3) is 0 Å². The van der Waals surface area contributed by atoms with Crippen LogP contribution in [0.3, 0.4) is 0 Å². The molecule has 2 aliphatic carbocycles. The highest BCUT2D eigenvalue weighted by Gasteiger charge is 2.56. The Morgan fingerprint density at radius 3 is 2.29 bits per heavy atom. The molecule has 0 unspecified atom stereocenters. The third-order valence-electron chi connectivity index (χ3n) is 5.49. The van der Waals surface area contributed by atoms with Crippen LogP contribution >= 0.6 is 11.6 Å². The second kappa shape index (κ2) is 5.28. The number of rotatable bonds is 3. The van der Waals surface area contributed by atoms with Crippen LogP contribution in [0.5, 0.6) is 0 Å². The summed E-state index contributed by atoms with van der Waals surface area (Å²) in [4.78, 5) is 0. The first-order chi connectivity index (χ1) is 9.84. The minimum absolute atomic E-state index is 0.159. The molecule has 2 fully saturated rings. The van der Waals surface area contributed by atoms with Crippen molar-refractivity contribution in [1.82, 2.24) is 5.32 Å². The Morgan fingerprint density at radius 1 is 1.10 bits per heavy atom. The van der Waals surface area contributed by atoms with E-state index in [1.165, 1.54) is 44.1 Å². The summed E-state index contributed by atoms with van der Waals surface area (Å²) in [5.41, 5.74) is 2.39. The summed E-state index contributed by atoms with van der Waals surface area (Å²) >= 11 is 6.54. The second-order valence-corrected chi connectivity index (χ2v) is 8.83. The van der Waals surface area contributed by atoms with E-state index in [-0.39, 0.29) is 11.0 Å². The van der Waals surface area contributed by atoms with Gasteiger partial charge in [-0.25, -0.2) is 0 Å². The molecule has 0 saturated heterocycles. The molecule has 1 nitrogen and oxygen atoms in total. The number of nitrogens with one attached hydrogen (secondary N) is 1. The maximum atomic E-state index is 6.54. The largest absolute Gasteiger partial charge is 0.311 e. The lowest BCUT2D eigenvalue weighted by Crippen LogP contribution is -2.56. The van der Waals surface area contributed by atoms with Crippen LogP contribution in [0.1, 0.15) is 64.9 Å². The van der Waals surface area contributed by atoms with Crippen LogP contribution in [-0.2, 0) is 5.41 Å². The van der Waals surface area contributed by atoms with Gasteiger partial charge >= 0.3 is 0 Å². The predicted octanol–water partition coefficient (Wildman–Crippen LogP) is 5.32. The quantitative estimate of drug-likeness (QED) is 0.797. The summed E-state index contributed by atoms with van der Waals surface area (Å²) in [5.74, 6) is 0. The molecule has 1 spiro atoms. The summed E-state index contributed by atoms with van der Waals surface area (Å²) in [7, 11) is 0. The van der Waals surface area contributed by atoms with Crippen molar-refractivity contribution in [3.8, 4) is 0 Å². The molecular weight excluding hydrogens is 278 g/mol. The van der Waals surface area contributed by atoms with Crippen molar-refractivity contribution in [2.24, 2.45) is 5.41 Å². The summed E-state index contributed by atoms with van der Waals surface area (Å²) in [6, 6.07) is 8.48. The molecule has 1 aromatic carbocycles. The molecule has 0 bridgehead atoms. The fourth-order valence-corrected chi connectivity index (χ4v) is 4.93. The van der Waals surface area contributed by atoms with E-state index in [1.54, 1.807) is 0 Å². The molecule has 0 atom stereocenters. The van der Waals surface area contributed by atoms with Crippen molar-refractivity contribution in [2.75, 3.05) is 6.54 Å². The molecule has 0 aliphatic heterocycles. The van der Waals surface area contributed by atoms with Crippen molar-refractivity contribution in [1.29, 1.82) is 0 Å². The van der Waals surface area contributed by atoms with Gasteiger partial charge in [-0.3, -0.25) is 0 Å². The van der Waals surface area contributed by atoms with Crippen LogP contribution in [-0.4, -0.2) is 12.1 Å². The molecule has 0 heterocycles. The lowest BCUT2D eigenvalue weighted by Gasteiger charge is -2.56. The zero-order valence-corrected chi connectivity index (χ0v) is 14.4. The first-order valence-electron chi connectivity index (χ1n) is 8.34. The van der Waals surface area contributed by atoms with Gasteiger partial charge in [-0.2, -0.15) is 0 Å². The van der Waals surface area contributed by atoms with Gasteiger partial charge in [0.15, 0.2) is 0 Å². The van der Waals surface area contributed by atoms with Crippen molar-refractivity contribution in [3.63, 3.8) is 0 Å². The molecule has 2 saturated carbocycles. The summed E-state index contributed by atoms with van der Waals surface area (Å²) in [6.07, 6.45) is 8.32. The average Bonchev–Trinajstić information content (AvgIpc) is 2.83. The van der Waals surface area contributed by atoms with E-state index in [1.807, 2.05) is 6.07 Å². The molecule has 0 aromatic heterocycles. The van der Waals surface area contributed by atoms with Crippen molar-refractivity contribution >= 4 is 11.6 Å². The summed E-state index contributed by atoms with van der Waals surface area (Å²) in [6.45, 7) is 7.79. The van der Waals surface area contributed by atoms with Crippen molar-refractivity contribution in [2.45, 2.75) is 70.3 Å². The summed E-state index contributed by atoms with van der Waals surface area (Å²) < 4.78 is 0. The third kappa shape index (κ3) is 3.00. The van der Waals surface area contributed by atoms with E-state index >= 15 is 0 Å². The van der Waals surface area contributed by atoms with Crippen molar-refractivity contribution in [3.05, 3.63) is 34.9 Å². The van der Waals surface area contributed by atoms with Crippen LogP contribution in [0.2, 0.25) is 5.02 Å². The number of halogens is 1. The molecule has 2 aliphatic rings. The van der Waals surface area contributed by atoms with E-state index in [9.17, 15) is 0 Å². The third-order valence-corrected chi connectivity index (χ3v) is 5.82. The lowest BCUT2D eigenvalue weighted by atomic mass is 9.49. The van der Waals surface area contributed by atoms with E-state index in [2.05, 4.69) is 44.3 Å². The van der Waals surface area contributed by atoms with Gasteiger partial charge in [0.2, 0.25) is 0 Å². The van der Waals surface area contributed by atoms with Crippen LogP contribution in [0.4, 0.5) is 0 Å². The lowest BCUT2D eigenvalue weighted by molar-refractivity contribution is 0.0231. The van der Waals surface area contributed by atoms with Crippen LogP contribution in [0.15, 0.2) is 24.3 Å². The number of benzene rings is 1. The van der Waals surface area contributed by atoms with Crippen LogP contribution in [0, 0.1) is 5.41 Å². The van der Waals surface area contributed by atoms with Gasteiger partial charge in [-0.15, -0.1) is 0 Å². The highest BCUT2D eigenvalue weighted by atomic mass is 35.5. The molecule has 1 N–H and O–H groups in total. The smallest absolute Gasteiger partial charge is 0.0444 e. The maximum Gasteiger partial charge on any atom is 0.0444 e. The van der Waals surface area contributed by atoms with E-state index in [0.717, 1.165) is 11.6 Å². The van der Waals surface area contributed by atoms with Gasteiger partial charge < -0.3 is 5.32 Å². The number of hydrogen-bond acceptors (Lipinski definition) is 1. The van der Waals surface area contributed by atoms with Crippen LogP contribution < -0.4 is 5.32 Å². The predicted molar refractivity (Wildman–Crippen MR) is 91.0 cm³/mol. The number of hydrogen-bond donors (Lipinski definition) is 1. The molecule has 21 heavy (non-hydrogen) atoms. The van der Waals surface area contributed by atoms with Crippen molar-refractivity contribution < 1.29 is 0 Å². The highest BCUT2D eigenvalue weighted by molar-refractivity contribution is 6.31. The van der Waals surface area contributed by atoms with Gasteiger partial charge in [0, 0.05) is 22.5 Å². The zero-order chi connectivity index (χ0) is 15.1. The Bertz CT molecular complexity index is 501. The Kier molecular flexibility index (Phi) is 3.86. The highest BCUT2D eigenvalue weighted by Crippen LogP contribution is 2.63. The molecule has 1 aromatic rings. The summed E-state index contributed by atoms with van der Waals surface area (Å²) in [5, 5.41) is 4.68. The molecule has 0 amide bonds. The fraction of sp³-hybridized carbons (Fsp3) is 0.684. The van der Waals surface area contributed by atoms with E-state index < -0.39 is 0 Å².